The third kappa shape index (κ3) is 2.99. The van der Waals surface area contributed by atoms with Crippen molar-refractivity contribution in [2.24, 2.45) is 13.0 Å². The van der Waals surface area contributed by atoms with E-state index in [1.807, 2.05) is 25.2 Å². The van der Waals surface area contributed by atoms with Gasteiger partial charge in [-0.2, -0.15) is 0 Å². The molecule has 0 amide bonds. The van der Waals surface area contributed by atoms with Crippen molar-refractivity contribution in [1.82, 2.24) is 20.3 Å². The van der Waals surface area contributed by atoms with Gasteiger partial charge in [-0.15, -0.1) is 0 Å². The number of hydrogen-bond acceptors (Lipinski definition) is 4. The molecule has 2 aliphatic heterocycles. The minimum atomic E-state index is 0.136. The molecule has 0 spiro atoms. The maximum Gasteiger partial charge on any atom is 0.255 e. The summed E-state index contributed by atoms with van der Waals surface area (Å²) in [5, 5.41) is 1.14. The molecule has 2 fully saturated rings. The number of nitrogens with zero attached hydrogens (tertiary/aromatic N) is 2. The average molecular weight is 326 g/mol. The fourth-order valence-corrected chi connectivity index (χ4v) is 4.26. The summed E-state index contributed by atoms with van der Waals surface area (Å²) in [4.78, 5) is 15.2. The highest BCUT2D eigenvalue weighted by molar-refractivity contribution is 5.79. The number of pyridine rings is 1. The van der Waals surface area contributed by atoms with Gasteiger partial charge >= 0.3 is 0 Å². The zero-order valence-corrected chi connectivity index (χ0v) is 14.3. The molecule has 2 unspecified atom stereocenters. The summed E-state index contributed by atoms with van der Waals surface area (Å²) < 4.78 is 1.79. The first kappa shape index (κ1) is 15.8. The van der Waals surface area contributed by atoms with E-state index >= 15 is 0 Å². The Kier molecular flexibility index (Phi) is 4.39. The van der Waals surface area contributed by atoms with Crippen molar-refractivity contribution in [2.45, 2.75) is 31.8 Å². The monoisotopic (exact) mass is 326 g/mol. The fraction of sp³-hybridized carbons (Fsp3) is 0.526. The van der Waals surface area contributed by atoms with Crippen molar-refractivity contribution < 1.29 is 0 Å². The van der Waals surface area contributed by atoms with Crippen LogP contribution in [0.4, 0.5) is 0 Å². The molecule has 0 bridgehead atoms. The van der Waals surface area contributed by atoms with Crippen LogP contribution in [-0.4, -0.2) is 35.1 Å². The van der Waals surface area contributed by atoms with Gasteiger partial charge in [0.15, 0.2) is 0 Å². The molecular formula is C19H26N4O. The number of benzene rings is 1. The van der Waals surface area contributed by atoms with E-state index in [1.54, 1.807) is 4.57 Å². The smallest absolute Gasteiger partial charge is 0.255 e. The first-order valence-corrected chi connectivity index (χ1v) is 9.01. The van der Waals surface area contributed by atoms with E-state index in [-0.39, 0.29) is 5.56 Å². The van der Waals surface area contributed by atoms with Gasteiger partial charge in [0, 0.05) is 38.3 Å². The third-order valence-corrected chi connectivity index (χ3v) is 5.58. The highest BCUT2D eigenvalue weighted by atomic mass is 16.1. The minimum absolute atomic E-state index is 0.136. The van der Waals surface area contributed by atoms with Crippen LogP contribution in [0.25, 0.3) is 10.9 Å². The van der Waals surface area contributed by atoms with Crippen molar-refractivity contribution >= 4 is 10.9 Å². The van der Waals surface area contributed by atoms with Crippen LogP contribution in [0.1, 0.15) is 24.8 Å². The zero-order valence-electron chi connectivity index (χ0n) is 14.3. The van der Waals surface area contributed by atoms with Gasteiger partial charge in [-0.25, -0.2) is 0 Å². The standard InChI is InChI=1S/C19H26N4O/c1-22-18-7-3-2-5-14(18)11-16(19(22)24)13-23-10-4-6-15(12-23)17-8-9-20-21-17/h2-3,5,7,11,15,17,20-21H,4,6,8-10,12-13H2,1H3. The Morgan fingerprint density at radius 2 is 2.12 bits per heavy atom. The molecule has 2 atom stereocenters. The molecule has 1 aromatic heterocycles. The summed E-state index contributed by atoms with van der Waals surface area (Å²) in [6.45, 7) is 3.99. The Labute approximate surface area is 142 Å². The topological polar surface area (TPSA) is 49.3 Å². The Hall–Kier alpha value is -1.69. The second-order valence-corrected chi connectivity index (χ2v) is 7.20. The maximum atomic E-state index is 12.7. The van der Waals surface area contributed by atoms with Crippen LogP contribution in [0.2, 0.25) is 0 Å². The molecule has 2 saturated heterocycles. The molecule has 2 aliphatic rings. The molecule has 2 N–H and O–H groups in total. The molecule has 3 heterocycles. The van der Waals surface area contributed by atoms with Crippen molar-refractivity contribution in [3.63, 3.8) is 0 Å². The fourth-order valence-electron chi connectivity index (χ4n) is 4.26. The lowest BCUT2D eigenvalue weighted by molar-refractivity contribution is 0.143. The van der Waals surface area contributed by atoms with E-state index in [9.17, 15) is 4.79 Å². The lowest BCUT2D eigenvalue weighted by Crippen LogP contribution is -2.45. The largest absolute Gasteiger partial charge is 0.311 e. The Bertz CT molecular complexity index is 779. The van der Waals surface area contributed by atoms with Crippen LogP contribution in [-0.2, 0) is 13.6 Å². The zero-order chi connectivity index (χ0) is 16.5. The van der Waals surface area contributed by atoms with E-state index in [1.165, 1.54) is 19.3 Å². The molecular weight excluding hydrogens is 300 g/mol. The number of hydrazine groups is 1. The summed E-state index contributed by atoms with van der Waals surface area (Å²) in [6.07, 6.45) is 3.71. The van der Waals surface area contributed by atoms with Crippen molar-refractivity contribution in [2.75, 3.05) is 19.6 Å². The molecule has 0 saturated carbocycles. The van der Waals surface area contributed by atoms with Crippen molar-refractivity contribution in [3.05, 3.63) is 46.2 Å². The van der Waals surface area contributed by atoms with E-state index in [0.717, 1.165) is 42.6 Å². The third-order valence-electron chi connectivity index (χ3n) is 5.58. The molecule has 5 heteroatoms. The van der Waals surface area contributed by atoms with Crippen LogP contribution in [0, 0.1) is 5.92 Å². The first-order valence-electron chi connectivity index (χ1n) is 9.01. The van der Waals surface area contributed by atoms with Gasteiger partial charge in [0.2, 0.25) is 0 Å². The van der Waals surface area contributed by atoms with Crippen LogP contribution < -0.4 is 16.4 Å². The highest BCUT2D eigenvalue weighted by Crippen LogP contribution is 2.24. The predicted molar refractivity (Wildman–Crippen MR) is 96.7 cm³/mol. The number of hydrogen-bond donors (Lipinski definition) is 2. The summed E-state index contributed by atoms with van der Waals surface area (Å²) >= 11 is 0. The predicted octanol–water partition coefficient (Wildman–Crippen LogP) is 1.62. The molecule has 24 heavy (non-hydrogen) atoms. The number of rotatable bonds is 3. The second kappa shape index (κ2) is 6.67. The summed E-state index contributed by atoms with van der Waals surface area (Å²) in [7, 11) is 1.88. The number of fused-ring (bicyclic) bond motifs is 1. The van der Waals surface area contributed by atoms with Crippen LogP contribution in [0.5, 0.6) is 0 Å². The number of para-hydroxylation sites is 1. The van der Waals surface area contributed by atoms with Crippen molar-refractivity contribution in [1.29, 1.82) is 0 Å². The first-order chi connectivity index (χ1) is 11.7. The van der Waals surface area contributed by atoms with Crippen LogP contribution in [0.15, 0.2) is 35.1 Å². The van der Waals surface area contributed by atoms with E-state index < -0.39 is 0 Å². The van der Waals surface area contributed by atoms with Crippen molar-refractivity contribution in [3.8, 4) is 0 Å². The maximum absolute atomic E-state index is 12.7. The summed E-state index contributed by atoms with van der Waals surface area (Å²) in [5.41, 5.74) is 8.71. The molecule has 2 aromatic rings. The van der Waals surface area contributed by atoms with Gasteiger partial charge in [-0.05, 0) is 49.2 Å². The minimum Gasteiger partial charge on any atom is -0.311 e. The number of nitrogens with one attached hydrogen (secondary N) is 2. The molecule has 0 aliphatic carbocycles. The van der Waals surface area contributed by atoms with Gasteiger partial charge in [-0.3, -0.25) is 20.5 Å². The Balaban J connectivity index is 1.55. The molecule has 0 radical (unpaired) electrons. The van der Waals surface area contributed by atoms with Crippen LogP contribution in [0.3, 0.4) is 0 Å². The van der Waals surface area contributed by atoms with E-state index in [2.05, 4.69) is 27.9 Å². The van der Waals surface area contributed by atoms with Gasteiger partial charge in [0.05, 0.1) is 5.52 Å². The highest BCUT2D eigenvalue weighted by Gasteiger charge is 2.29. The summed E-state index contributed by atoms with van der Waals surface area (Å²) in [6, 6.07) is 10.8. The number of aryl methyl sites for hydroxylation is 1. The van der Waals surface area contributed by atoms with E-state index in [0.29, 0.717) is 12.0 Å². The molecule has 4 rings (SSSR count). The lowest BCUT2D eigenvalue weighted by Gasteiger charge is -2.35. The number of aromatic nitrogens is 1. The Morgan fingerprint density at radius 1 is 1.25 bits per heavy atom. The van der Waals surface area contributed by atoms with Gasteiger partial charge in [0.1, 0.15) is 0 Å². The Morgan fingerprint density at radius 3 is 2.96 bits per heavy atom. The van der Waals surface area contributed by atoms with Gasteiger partial charge in [0.25, 0.3) is 5.56 Å². The molecule has 1 aromatic carbocycles. The number of piperidine rings is 1. The van der Waals surface area contributed by atoms with Crippen LogP contribution >= 0.6 is 0 Å². The lowest BCUT2D eigenvalue weighted by atomic mass is 9.89. The van der Waals surface area contributed by atoms with E-state index in [4.69, 9.17) is 0 Å². The average Bonchev–Trinajstić information content (AvgIpc) is 3.14. The quantitative estimate of drug-likeness (QED) is 0.900. The summed E-state index contributed by atoms with van der Waals surface area (Å²) in [5.74, 6) is 0.679. The number of likely N-dealkylation sites (tertiary alicyclic amines) is 1. The normalized spacial score (nSPS) is 25.4. The SMILES string of the molecule is Cn1c(=O)c(CN2CCCC(C3CCNN3)C2)cc2ccccc21. The molecule has 128 valence electrons. The van der Waals surface area contributed by atoms with Gasteiger partial charge < -0.3 is 4.57 Å². The van der Waals surface area contributed by atoms with Gasteiger partial charge in [-0.1, -0.05) is 18.2 Å². The second-order valence-electron chi connectivity index (χ2n) is 7.20. The molecule has 5 nitrogen and oxygen atoms in total.